The second kappa shape index (κ2) is 8.53. The van der Waals surface area contributed by atoms with E-state index in [0.29, 0.717) is 23.6 Å². The van der Waals surface area contributed by atoms with Crippen LogP contribution in [-0.2, 0) is 4.74 Å². The van der Waals surface area contributed by atoms with Crippen molar-refractivity contribution in [3.63, 3.8) is 0 Å². The van der Waals surface area contributed by atoms with Crippen LogP contribution in [0.3, 0.4) is 0 Å². The number of likely N-dealkylation sites (tertiary alicyclic amines) is 1. The summed E-state index contributed by atoms with van der Waals surface area (Å²) in [5.41, 5.74) is 6.53. The van der Waals surface area contributed by atoms with Crippen molar-refractivity contribution in [2.75, 3.05) is 18.8 Å². The number of hydrogen-bond donors (Lipinski definition) is 1. The maximum atomic E-state index is 14.7. The summed E-state index contributed by atoms with van der Waals surface area (Å²) in [6, 6.07) is 8.61. The predicted molar refractivity (Wildman–Crippen MR) is 108 cm³/mol. The van der Waals surface area contributed by atoms with Crippen molar-refractivity contribution in [1.29, 1.82) is 5.26 Å². The Morgan fingerprint density at radius 3 is 2.73 bits per heavy atom. The molecule has 158 valence electrons. The zero-order valence-electron chi connectivity index (χ0n) is 17.1. The largest absolute Gasteiger partial charge is 0.486 e. The van der Waals surface area contributed by atoms with Gasteiger partial charge in [0.1, 0.15) is 35.7 Å². The van der Waals surface area contributed by atoms with Crippen molar-refractivity contribution in [3.8, 4) is 23.1 Å². The van der Waals surface area contributed by atoms with Gasteiger partial charge < -0.3 is 20.1 Å². The summed E-state index contributed by atoms with van der Waals surface area (Å²) in [5, 5.41) is 9.51. The van der Waals surface area contributed by atoms with Crippen LogP contribution >= 0.6 is 0 Å². The predicted octanol–water partition coefficient (Wildman–Crippen LogP) is 3.32. The third kappa shape index (κ3) is 5.14. The molecule has 9 heteroatoms. The lowest BCUT2D eigenvalue weighted by Crippen LogP contribution is -2.50. The number of piperidine rings is 1. The fraction of sp³-hybridized carbons (Fsp3) is 0.429. The average molecular weight is 413 g/mol. The molecule has 0 unspecified atom stereocenters. The molecule has 2 atom stereocenters. The van der Waals surface area contributed by atoms with Crippen molar-refractivity contribution >= 4 is 11.9 Å². The molecular formula is C21H24FN5O3. The van der Waals surface area contributed by atoms with E-state index >= 15 is 0 Å². The minimum Gasteiger partial charge on any atom is -0.486 e. The molecule has 1 aromatic heterocycles. The number of nitrogen functional groups attached to an aromatic ring is 1. The number of carbonyl (C=O) groups excluding carboxylic acids is 1. The lowest BCUT2D eigenvalue weighted by atomic mass is 10.0. The summed E-state index contributed by atoms with van der Waals surface area (Å²) >= 11 is 0. The van der Waals surface area contributed by atoms with E-state index in [2.05, 4.69) is 16.0 Å². The second-order valence-electron chi connectivity index (χ2n) is 8.04. The number of amides is 1. The van der Waals surface area contributed by atoms with Crippen LogP contribution in [0.4, 0.5) is 15.0 Å². The molecule has 0 aliphatic carbocycles. The number of benzene rings is 1. The highest BCUT2D eigenvalue weighted by atomic mass is 19.1. The third-order valence-corrected chi connectivity index (χ3v) is 4.50. The van der Waals surface area contributed by atoms with Crippen LogP contribution < -0.4 is 10.5 Å². The first-order chi connectivity index (χ1) is 14.2. The molecule has 0 bridgehead atoms. The third-order valence-electron chi connectivity index (χ3n) is 4.50. The van der Waals surface area contributed by atoms with Gasteiger partial charge in [0.2, 0.25) is 0 Å². The van der Waals surface area contributed by atoms with E-state index in [1.54, 1.807) is 45.0 Å². The summed E-state index contributed by atoms with van der Waals surface area (Å²) in [6.07, 6.45) is -1.09. The summed E-state index contributed by atoms with van der Waals surface area (Å²) < 4.78 is 25.8. The Balaban J connectivity index is 1.69. The zero-order valence-corrected chi connectivity index (χ0v) is 17.1. The number of anilines is 1. The van der Waals surface area contributed by atoms with E-state index in [-0.39, 0.29) is 24.3 Å². The minimum atomic E-state index is -1.40. The Morgan fingerprint density at radius 2 is 2.10 bits per heavy atom. The first-order valence-corrected chi connectivity index (χ1v) is 9.57. The van der Waals surface area contributed by atoms with Crippen molar-refractivity contribution < 1.29 is 18.7 Å². The van der Waals surface area contributed by atoms with Crippen LogP contribution in [0.1, 0.15) is 32.8 Å². The number of aromatic nitrogens is 2. The smallest absolute Gasteiger partial charge is 0.410 e. The molecule has 2 heterocycles. The summed E-state index contributed by atoms with van der Waals surface area (Å²) in [5.74, 6) is 0.595. The van der Waals surface area contributed by atoms with E-state index in [1.807, 2.05) is 0 Å². The Kier molecular flexibility index (Phi) is 6.06. The standard InChI is InChI=1S/C21H24FN5O3/c1-21(2,3)30-20(28)27-7-6-18(15(22)11-27)29-17-5-4-13(8-14(17)10-23)16-9-19(24)26-12-25-16/h4-5,8-9,12,15,18H,6-7,11H2,1-3H3,(H2,24,25,26)/t15-,18+/m1/s1. The van der Waals surface area contributed by atoms with Crippen LogP contribution in [0.5, 0.6) is 5.75 Å². The van der Waals surface area contributed by atoms with Crippen LogP contribution in [0.25, 0.3) is 11.3 Å². The van der Waals surface area contributed by atoms with Gasteiger partial charge in [0.25, 0.3) is 0 Å². The van der Waals surface area contributed by atoms with Gasteiger partial charge >= 0.3 is 6.09 Å². The maximum absolute atomic E-state index is 14.7. The molecule has 0 saturated carbocycles. The van der Waals surface area contributed by atoms with E-state index in [0.717, 1.165) is 0 Å². The van der Waals surface area contributed by atoms with Crippen molar-refractivity contribution in [1.82, 2.24) is 14.9 Å². The number of nitrogens with two attached hydrogens (primary N) is 1. The number of nitrogens with zero attached hydrogens (tertiary/aromatic N) is 4. The summed E-state index contributed by atoms with van der Waals surface area (Å²) in [7, 11) is 0. The number of alkyl halides is 1. The highest BCUT2D eigenvalue weighted by Crippen LogP contribution is 2.29. The molecule has 2 N–H and O–H groups in total. The van der Waals surface area contributed by atoms with E-state index < -0.39 is 24.0 Å². The average Bonchev–Trinajstić information content (AvgIpc) is 2.68. The molecule has 30 heavy (non-hydrogen) atoms. The topological polar surface area (TPSA) is 114 Å². The van der Waals surface area contributed by atoms with Gasteiger partial charge in [-0.15, -0.1) is 0 Å². The zero-order chi connectivity index (χ0) is 21.9. The van der Waals surface area contributed by atoms with Gasteiger partial charge in [-0.25, -0.2) is 19.2 Å². The molecule has 0 spiro atoms. The number of carbonyl (C=O) groups is 1. The normalized spacial score (nSPS) is 19.1. The fourth-order valence-electron chi connectivity index (χ4n) is 3.08. The molecule has 3 rings (SSSR count). The van der Waals surface area contributed by atoms with Crippen molar-refractivity contribution in [2.45, 2.75) is 45.1 Å². The van der Waals surface area contributed by atoms with Gasteiger partial charge in [-0.05, 0) is 39.0 Å². The summed E-state index contributed by atoms with van der Waals surface area (Å²) in [6.45, 7) is 5.46. The van der Waals surface area contributed by atoms with Gasteiger partial charge in [0.15, 0.2) is 6.17 Å². The SMILES string of the molecule is CC(C)(C)OC(=O)N1CC[C@H](Oc2ccc(-c3cc(N)ncn3)cc2C#N)[C@H](F)C1. The molecule has 1 amide bonds. The second-order valence-corrected chi connectivity index (χ2v) is 8.04. The van der Waals surface area contributed by atoms with Gasteiger partial charge in [-0.1, -0.05) is 0 Å². The number of rotatable bonds is 3. The highest BCUT2D eigenvalue weighted by Gasteiger charge is 2.35. The molecule has 1 aliphatic heterocycles. The number of nitriles is 1. The van der Waals surface area contributed by atoms with E-state index in [9.17, 15) is 14.4 Å². The van der Waals surface area contributed by atoms with Crippen LogP contribution in [0.15, 0.2) is 30.6 Å². The van der Waals surface area contributed by atoms with E-state index in [1.165, 1.54) is 11.2 Å². The molecule has 0 radical (unpaired) electrons. The number of hydrogen-bond acceptors (Lipinski definition) is 7. The molecule has 1 fully saturated rings. The highest BCUT2D eigenvalue weighted by molar-refractivity contribution is 5.68. The van der Waals surface area contributed by atoms with Crippen molar-refractivity contribution in [3.05, 3.63) is 36.2 Å². The molecule has 2 aromatic rings. The maximum Gasteiger partial charge on any atom is 0.410 e. The molecule has 1 saturated heterocycles. The number of halogens is 1. The molecular weight excluding hydrogens is 389 g/mol. The fourth-order valence-corrected chi connectivity index (χ4v) is 3.08. The lowest BCUT2D eigenvalue weighted by Gasteiger charge is -2.35. The Labute approximate surface area is 174 Å². The minimum absolute atomic E-state index is 0.125. The van der Waals surface area contributed by atoms with Gasteiger partial charge in [0, 0.05) is 24.6 Å². The van der Waals surface area contributed by atoms with Gasteiger partial charge in [0.05, 0.1) is 17.8 Å². The Morgan fingerprint density at radius 1 is 1.33 bits per heavy atom. The molecule has 8 nitrogen and oxygen atoms in total. The lowest BCUT2D eigenvalue weighted by molar-refractivity contribution is -0.0106. The Hall–Kier alpha value is -3.41. The van der Waals surface area contributed by atoms with Gasteiger partial charge in [-0.3, -0.25) is 0 Å². The molecule has 1 aliphatic rings. The summed E-state index contributed by atoms with van der Waals surface area (Å²) in [4.78, 5) is 21.5. The van der Waals surface area contributed by atoms with Crippen LogP contribution in [0, 0.1) is 11.3 Å². The van der Waals surface area contributed by atoms with E-state index in [4.69, 9.17) is 15.2 Å². The van der Waals surface area contributed by atoms with Gasteiger partial charge in [-0.2, -0.15) is 5.26 Å². The van der Waals surface area contributed by atoms with Crippen LogP contribution in [0.2, 0.25) is 0 Å². The number of ether oxygens (including phenoxy) is 2. The quantitative estimate of drug-likeness (QED) is 0.821. The monoisotopic (exact) mass is 413 g/mol. The first-order valence-electron chi connectivity index (χ1n) is 9.57. The van der Waals surface area contributed by atoms with Crippen molar-refractivity contribution in [2.24, 2.45) is 0 Å². The van der Waals surface area contributed by atoms with Crippen LogP contribution in [-0.4, -0.2) is 51.9 Å². The Bertz CT molecular complexity index is 970. The first kappa shape index (κ1) is 21.3. The molecule has 1 aromatic carbocycles.